The first-order valence-corrected chi connectivity index (χ1v) is 10.9. The zero-order valence-corrected chi connectivity index (χ0v) is 18.7. The molecule has 0 aliphatic carbocycles. The van der Waals surface area contributed by atoms with E-state index in [2.05, 4.69) is 21.3 Å². The van der Waals surface area contributed by atoms with Gasteiger partial charge in [0.15, 0.2) is 11.5 Å². The van der Waals surface area contributed by atoms with Gasteiger partial charge in [0.25, 0.3) is 5.91 Å². The van der Waals surface area contributed by atoms with E-state index in [4.69, 9.17) is 9.47 Å². The van der Waals surface area contributed by atoms with Gasteiger partial charge in [-0.15, -0.1) is 0 Å². The molecule has 1 aliphatic rings. The summed E-state index contributed by atoms with van der Waals surface area (Å²) >= 11 is 0. The maximum atomic E-state index is 12.5. The number of carbonyl (C=O) groups excluding carboxylic acids is 2. The fourth-order valence-electron chi connectivity index (χ4n) is 3.76. The second kappa shape index (κ2) is 12.0. The van der Waals surface area contributed by atoms with Crippen LogP contribution in [0.25, 0.3) is 0 Å². The molecule has 1 fully saturated rings. The molecule has 8 heteroatoms. The highest BCUT2D eigenvalue weighted by molar-refractivity contribution is 5.94. The van der Waals surface area contributed by atoms with Crippen LogP contribution in [0.3, 0.4) is 0 Å². The zero-order valence-electron chi connectivity index (χ0n) is 18.7. The van der Waals surface area contributed by atoms with Crippen molar-refractivity contribution in [3.8, 4) is 11.5 Å². The largest absolute Gasteiger partial charge is 0.493 e. The topological polar surface area (TPSA) is 101 Å². The Morgan fingerprint density at radius 2 is 1.91 bits per heavy atom. The van der Waals surface area contributed by atoms with Crippen molar-refractivity contribution in [1.29, 1.82) is 0 Å². The number of carbonyl (C=O) groups is 2. The molecule has 3 amide bonds. The molecule has 0 radical (unpaired) electrons. The third-order valence-electron chi connectivity index (χ3n) is 5.52. The average Bonchev–Trinajstić information content (AvgIpc) is 2.83. The quantitative estimate of drug-likeness (QED) is 0.480. The van der Waals surface area contributed by atoms with Gasteiger partial charge < -0.3 is 30.7 Å². The van der Waals surface area contributed by atoms with E-state index in [9.17, 15) is 9.59 Å². The number of hydrogen-bond acceptors (Lipinski definition) is 5. The summed E-state index contributed by atoms with van der Waals surface area (Å²) in [6, 6.07) is 12.1. The van der Waals surface area contributed by atoms with Crippen molar-refractivity contribution in [2.45, 2.75) is 25.8 Å². The van der Waals surface area contributed by atoms with Crippen molar-refractivity contribution >= 4 is 17.6 Å². The Hall–Kier alpha value is -3.26. The van der Waals surface area contributed by atoms with Crippen LogP contribution in [0.15, 0.2) is 42.5 Å². The highest BCUT2D eigenvalue weighted by Crippen LogP contribution is 2.29. The standard InChI is InChI=1S/C24H32N4O4/c1-31-21-9-8-20(14-22(21)32-2)28-24(30)27-16-18-5-3-7-19(13-18)23(29)26-12-10-17-6-4-11-25-15-17/h3,5,7-9,13-14,17,25H,4,6,10-12,15-16H2,1-2H3,(H,26,29)(H2,27,28,30). The third kappa shape index (κ3) is 6.88. The Balaban J connectivity index is 1.46. The van der Waals surface area contributed by atoms with Crippen molar-refractivity contribution in [3.63, 3.8) is 0 Å². The predicted molar refractivity (Wildman–Crippen MR) is 124 cm³/mol. The van der Waals surface area contributed by atoms with Crippen LogP contribution in [0, 0.1) is 5.92 Å². The third-order valence-corrected chi connectivity index (χ3v) is 5.52. The molecule has 0 aromatic heterocycles. The molecular weight excluding hydrogens is 408 g/mol. The normalized spacial score (nSPS) is 15.5. The average molecular weight is 441 g/mol. The maximum absolute atomic E-state index is 12.5. The molecule has 0 bridgehead atoms. The van der Waals surface area contributed by atoms with E-state index in [1.165, 1.54) is 20.0 Å². The van der Waals surface area contributed by atoms with Crippen LogP contribution in [0.2, 0.25) is 0 Å². The number of ether oxygens (including phenoxy) is 2. The molecule has 1 unspecified atom stereocenters. The van der Waals surface area contributed by atoms with Gasteiger partial charge in [0.2, 0.25) is 0 Å². The number of hydrogen-bond donors (Lipinski definition) is 4. The zero-order chi connectivity index (χ0) is 22.8. The number of urea groups is 1. The molecule has 1 heterocycles. The van der Waals surface area contributed by atoms with E-state index < -0.39 is 0 Å². The van der Waals surface area contributed by atoms with Crippen LogP contribution in [0.1, 0.15) is 35.2 Å². The Labute approximate surface area is 189 Å². The second-order valence-corrected chi connectivity index (χ2v) is 7.83. The Morgan fingerprint density at radius 1 is 1.06 bits per heavy atom. The van der Waals surface area contributed by atoms with Crippen LogP contribution in [0.4, 0.5) is 10.5 Å². The lowest BCUT2D eigenvalue weighted by Crippen LogP contribution is -2.33. The highest BCUT2D eigenvalue weighted by atomic mass is 16.5. The number of amides is 3. The summed E-state index contributed by atoms with van der Waals surface area (Å²) in [6.45, 7) is 3.09. The first kappa shape index (κ1) is 23.4. The van der Waals surface area contributed by atoms with Gasteiger partial charge in [-0.05, 0) is 68.1 Å². The van der Waals surface area contributed by atoms with Gasteiger partial charge in [0.1, 0.15) is 0 Å². The first-order valence-electron chi connectivity index (χ1n) is 10.9. The molecule has 4 N–H and O–H groups in total. The summed E-state index contributed by atoms with van der Waals surface area (Å²) < 4.78 is 10.4. The summed E-state index contributed by atoms with van der Waals surface area (Å²) in [5.74, 6) is 1.65. The van der Waals surface area contributed by atoms with Crippen LogP contribution in [-0.2, 0) is 6.54 Å². The molecule has 1 atom stereocenters. The SMILES string of the molecule is COc1ccc(NC(=O)NCc2cccc(C(=O)NCCC3CCCNC3)c2)cc1OC. The number of nitrogens with one attached hydrogen (secondary N) is 4. The van der Waals surface area contributed by atoms with Crippen LogP contribution < -0.4 is 30.7 Å². The van der Waals surface area contributed by atoms with Gasteiger partial charge >= 0.3 is 6.03 Å². The lowest BCUT2D eigenvalue weighted by Gasteiger charge is -2.22. The van der Waals surface area contributed by atoms with Crippen LogP contribution >= 0.6 is 0 Å². The summed E-state index contributed by atoms with van der Waals surface area (Å²) in [7, 11) is 3.10. The van der Waals surface area contributed by atoms with Crippen LogP contribution in [0.5, 0.6) is 11.5 Å². The minimum Gasteiger partial charge on any atom is -0.493 e. The van der Waals surface area contributed by atoms with Crippen molar-refractivity contribution in [1.82, 2.24) is 16.0 Å². The van der Waals surface area contributed by atoms with Gasteiger partial charge in [-0.25, -0.2) is 4.79 Å². The van der Waals surface area contributed by atoms with Gasteiger partial charge in [0.05, 0.1) is 14.2 Å². The van der Waals surface area contributed by atoms with Crippen molar-refractivity contribution in [2.24, 2.45) is 5.92 Å². The molecule has 0 saturated carbocycles. The number of piperidine rings is 1. The fourth-order valence-corrected chi connectivity index (χ4v) is 3.76. The molecule has 8 nitrogen and oxygen atoms in total. The predicted octanol–water partition coefficient (Wildman–Crippen LogP) is 3.15. The Kier molecular flexibility index (Phi) is 8.74. The summed E-state index contributed by atoms with van der Waals surface area (Å²) in [6.07, 6.45) is 3.40. The van der Waals surface area contributed by atoms with E-state index in [1.54, 1.807) is 37.4 Å². The number of methoxy groups -OCH3 is 2. The molecule has 1 saturated heterocycles. The van der Waals surface area contributed by atoms with Gasteiger partial charge in [-0.3, -0.25) is 4.79 Å². The molecule has 0 spiro atoms. The Bertz CT molecular complexity index is 913. The Morgan fingerprint density at radius 3 is 2.66 bits per heavy atom. The molecule has 2 aromatic carbocycles. The summed E-state index contributed by atoms with van der Waals surface area (Å²) in [4.78, 5) is 24.8. The second-order valence-electron chi connectivity index (χ2n) is 7.83. The van der Waals surface area contributed by atoms with Crippen molar-refractivity contribution in [3.05, 3.63) is 53.6 Å². The van der Waals surface area contributed by atoms with Crippen molar-refractivity contribution in [2.75, 3.05) is 39.2 Å². The lowest BCUT2D eigenvalue weighted by atomic mass is 9.96. The minimum atomic E-state index is -0.354. The van der Waals surface area contributed by atoms with E-state index in [0.29, 0.717) is 41.8 Å². The molecule has 172 valence electrons. The van der Waals surface area contributed by atoms with E-state index in [1.807, 2.05) is 12.1 Å². The first-order chi connectivity index (χ1) is 15.6. The van der Waals surface area contributed by atoms with E-state index >= 15 is 0 Å². The highest BCUT2D eigenvalue weighted by Gasteiger charge is 2.13. The smallest absolute Gasteiger partial charge is 0.319 e. The minimum absolute atomic E-state index is 0.0922. The molecule has 2 aromatic rings. The maximum Gasteiger partial charge on any atom is 0.319 e. The summed E-state index contributed by atoms with van der Waals surface area (Å²) in [5, 5.41) is 12.0. The number of anilines is 1. The van der Waals surface area contributed by atoms with E-state index in [-0.39, 0.29) is 11.9 Å². The van der Waals surface area contributed by atoms with E-state index in [0.717, 1.165) is 25.1 Å². The van der Waals surface area contributed by atoms with Crippen molar-refractivity contribution < 1.29 is 19.1 Å². The number of rotatable bonds is 9. The monoisotopic (exact) mass is 440 g/mol. The van der Waals surface area contributed by atoms with Gasteiger partial charge in [-0.2, -0.15) is 0 Å². The summed E-state index contributed by atoms with van der Waals surface area (Å²) in [5.41, 5.74) is 2.02. The molecule has 1 aliphatic heterocycles. The van der Waals surface area contributed by atoms with Crippen LogP contribution in [-0.4, -0.2) is 45.8 Å². The van der Waals surface area contributed by atoms with Gasteiger partial charge in [-0.1, -0.05) is 12.1 Å². The lowest BCUT2D eigenvalue weighted by molar-refractivity contribution is 0.0950. The number of benzene rings is 2. The molecular formula is C24H32N4O4. The molecule has 32 heavy (non-hydrogen) atoms. The fraction of sp³-hybridized carbons (Fsp3) is 0.417. The molecule has 3 rings (SSSR count). The van der Waals surface area contributed by atoms with Gasteiger partial charge in [0, 0.05) is 30.4 Å².